The molecule has 3 nitrogen and oxygen atoms in total. The van der Waals surface area contributed by atoms with Gasteiger partial charge in [-0.3, -0.25) is 0 Å². The summed E-state index contributed by atoms with van der Waals surface area (Å²) >= 11 is 5.80. The third-order valence-corrected chi connectivity index (χ3v) is 2.52. The summed E-state index contributed by atoms with van der Waals surface area (Å²) in [6.07, 6.45) is 4.22. The SMILES string of the molecule is NC(Cc1ncc[nH]1)c1ccc(Cl)cc1. The van der Waals surface area contributed by atoms with Crippen LogP contribution in [-0.2, 0) is 6.42 Å². The number of nitrogens with zero attached hydrogens (tertiary/aromatic N) is 1. The normalized spacial score (nSPS) is 12.7. The van der Waals surface area contributed by atoms with E-state index in [0.717, 1.165) is 16.4 Å². The van der Waals surface area contributed by atoms with E-state index in [2.05, 4.69) is 9.97 Å². The first-order chi connectivity index (χ1) is 7.25. The number of nitrogens with one attached hydrogen (secondary N) is 1. The summed E-state index contributed by atoms with van der Waals surface area (Å²) in [5, 5.41) is 0.726. The molecule has 0 radical (unpaired) electrons. The second kappa shape index (κ2) is 4.47. The highest BCUT2D eigenvalue weighted by molar-refractivity contribution is 6.30. The molecule has 0 aliphatic carbocycles. The van der Waals surface area contributed by atoms with Gasteiger partial charge in [-0.2, -0.15) is 0 Å². The second-order valence-corrected chi connectivity index (χ2v) is 3.83. The Morgan fingerprint density at radius 2 is 2.07 bits per heavy atom. The monoisotopic (exact) mass is 221 g/mol. The predicted molar refractivity (Wildman–Crippen MR) is 60.7 cm³/mol. The standard InChI is InChI=1S/C11H12ClN3/c12-9-3-1-8(2-4-9)10(13)7-11-14-5-6-15-11/h1-6,10H,7,13H2,(H,14,15). The van der Waals surface area contributed by atoms with Crippen molar-refractivity contribution in [1.29, 1.82) is 0 Å². The smallest absolute Gasteiger partial charge is 0.107 e. The van der Waals surface area contributed by atoms with Crippen molar-refractivity contribution in [3.63, 3.8) is 0 Å². The molecule has 2 rings (SSSR count). The van der Waals surface area contributed by atoms with E-state index in [1.165, 1.54) is 0 Å². The number of H-pyrrole nitrogens is 1. The number of nitrogens with two attached hydrogens (primary N) is 1. The third kappa shape index (κ3) is 2.58. The van der Waals surface area contributed by atoms with Crippen molar-refractivity contribution in [3.8, 4) is 0 Å². The van der Waals surface area contributed by atoms with Gasteiger partial charge in [0, 0.05) is 29.9 Å². The van der Waals surface area contributed by atoms with Gasteiger partial charge in [0.2, 0.25) is 0 Å². The maximum Gasteiger partial charge on any atom is 0.107 e. The second-order valence-electron chi connectivity index (χ2n) is 3.40. The lowest BCUT2D eigenvalue weighted by molar-refractivity contribution is 0.694. The van der Waals surface area contributed by atoms with Crippen LogP contribution in [0.3, 0.4) is 0 Å². The molecule has 0 saturated carbocycles. The van der Waals surface area contributed by atoms with Crippen molar-refractivity contribution in [2.24, 2.45) is 5.73 Å². The summed E-state index contributed by atoms with van der Waals surface area (Å²) in [5.41, 5.74) is 7.10. The molecule has 3 N–H and O–H groups in total. The molecule has 2 aromatic rings. The van der Waals surface area contributed by atoms with E-state index in [-0.39, 0.29) is 6.04 Å². The van der Waals surface area contributed by atoms with Crippen LogP contribution in [-0.4, -0.2) is 9.97 Å². The van der Waals surface area contributed by atoms with Crippen LogP contribution in [0.25, 0.3) is 0 Å². The number of aromatic amines is 1. The molecule has 4 heteroatoms. The Labute approximate surface area is 93.3 Å². The van der Waals surface area contributed by atoms with E-state index >= 15 is 0 Å². The predicted octanol–water partition coefficient (Wildman–Crippen LogP) is 2.31. The van der Waals surface area contributed by atoms with E-state index in [0.29, 0.717) is 6.42 Å². The van der Waals surface area contributed by atoms with Crippen LogP contribution in [0.4, 0.5) is 0 Å². The molecule has 0 saturated heterocycles. The number of imidazole rings is 1. The molecule has 15 heavy (non-hydrogen) atoms. The Bertz CT molecular complexity index is 408. The minimum absolute atomic E-state index is 0.0478. The van der Waals surface area contributed by atoms with Crippen molar-refractivity contribution in [2.45, 2.75) is 12.5 Å². The number of hydrogen-bond acceptors (Lipinski definition) is 2. The summed E-state index contributed by atoms with van der Waals surface area (Å²) in [7, 11) is 0. The zero-order valence-corrected chi connectivity index (χ0v) is 8.91. The fourth-order valence-electron chi connectivity index (χ4n) is 1.45. The minimum Gasteiger partial charge on any atom is -0.349 e. The Hall–Kier alpha value is -1.32. The zero-order valence-electron chi connectivity index (χ0n) is 8.15. The van der Waals surface area contributed by atoms with Gasteiger partial charge in [-0.25, -0.2) is 4.98 Å². The molecule has 1 aromatic heterocycles. The Balaban J connectivity index is 2.08. The molecule has 0 amide bonds. The molecule has 1 heterocycles. The molecule has 0 aliphatic rings. The van der Waals surface area contributed by atoms with Crippen molar-refractivity contribution in [3.05, 3.63) is 53.1 Å². The fourth-order valence-corrected chi connectivity index (χ4v) is 1.57. The van der Waals surface area contributed by atoms with Crippen LogP contribution >= 0.6 is 11.6 Å². The number of hydrogen-bond donors (Lipinski definition) is 2. The molecule has 1 unspecified atom stereocenters. The molecule has 1 atom stereocenters. The molecular formula is C11H12ClN3. The average molecular weight is 222 g/mol. The average Bonchev–Trinajstić information content (AvgIpc) is 2.71. The first-order valence-corrected chi connectivity index (χ1v) is 5.13. The van der Waals surface area contributed by atoms with Crippen LogP contribution in [0.5, 0.6) is 0 Å². The zero-order chi connectivity index (χ0) is 10.7. The van der Waals surface area contributed by atoms with E-state index in [1.807, 2.05) is 24.3 Å². The minimum atomic E-state index is -0.0478. The van der Waals surface area contributed by atoms with Gasteiger partial charge in [0.05, 0.1) is 0 Å². The lowest BCUT2D eigenvalue weighted by Crippen LogP contribution is -2.13. The van der Waals surface area contributed by atoms with Crippen LogP contribution in [0.15, 0.2) is 36.7 Å². The lowest BCUT2D eigenvalue weighted by Gasteiger charge is -2.10. The summed E-state index contributed by atoms with van der Waals surface area (Å²) in [5.74, 6) is 0.900. The molecule has 0 bridgehead atoms. The van der Waals surface area contributed by atoms with Gasteiger partial charge < -0.3 is 10.7 Å². The van der Waals surface area contributed by atoms with Gasteiger partial charge in [0.15, 0.2) is 0 Å². The van der Waals surface area contributed by atoms with Crippen molar-refractivity contribution >= 4 is 11.6 Å². The maximum atomic E-state index is 6.03. The van der Waals surface area contributed by atoms with Crippen LogP contribution < -0.4 is 5.73 Å². The number of halogens is 1. The lowest BCUT2D eigenvalue weighted by atomic mass is 10.0. The van der Waals surface area contributed by atoms with Gasteiger partial charge in [-0.1, -0.05) is 23.7 Å². The van der Waals surface area contributed by atoms with E-state index in [4.69, 9.17) is 17.3 Å². The molecule has 0 fully saturated rings. The topological polar surface area (TPSA) is 54.7 Å². The summed E-state index contributed by atoms with van der Waals surface area (Å²) in [4.78, 5) is 7.17. The van der Waals surface area contributed by atoms with Gasteiger partial charge in [-0.05, 0) is 17.7 Å². The van der Waals surface area contributed by atoms with Gasteiger partial charge >= 0.3 is 0 Å². The Morgan fingerprint density at radius 1 is 1.33 bits per heavy atom. The van der Waals surface area contributed by atoms with Crippen LogP contribution in [0, 0.1) is 0 Å². The summed E-state index contributed by atoms with van der Waals surface area (Å²) < 4.78 is 0. The third-order valence-electron chi connectivity index (χ3n) is 2.27. The van der Waals surface area contributed by atoms with E-state index in [1.54, 1.807) is 12.4 Å². The van der Waals surface area contributed by atoms with E-state index < -0.39 is 0 Å². The summed E-state index contributed by atoms with van der Waals surface area (Å²) in [6.45, 7) is 0. The molecule has 78 valence electrons. The van der Waals surface area contributed by atoms with Gasteiger partial charge in [0.25, 0.3) is 0 Å². The first-order valence-electron chi connectivity index (χ1n) is 4.75. The maximum absolute atomic E-state index is 6.03. The highest BCUT2D eigenvalue weighted by atomic mass is 35.5. The van der Waals surface area contributed by atoms with Crippen LogP contribution in [0.1, 0.15) is 17.4 Å². The van der Waals surface area contributed by atoms with Crippen LogP contribution in [0.2, 0.25) is 5.02 Å². The van der Waals surface area contributed by atoms with Gasteiger partial charge in [-0.15, -0.1) is 0 Å². The Morgan fingerprint density at radius 3 is 2.67 bits per heavy atom. The van der Waals surface area contributed by atoms with E-state index in [9.17, 15) is 0 Å². The highest BCUT2D eigenvalue weighted by Gasteiger charge is 2.07. The summed E-state index contributed by atoms with van der Waals surface area (Å²) in [6, 6.07) is 7.53. The molecule has 0 aliphatic heterocycles. The number of aromatic nitrogens is 2. The molecule has 1 aromatic carbocycles. The fraction of sp³-hybridized carbons (Fsp3) is 0.182. The number of benzene rings is 1. The molecular weight excluding hydrogens is 210 g/mol. The Kier molecular flexibility index (Phi) is 3.04. The van der Waals surface area contributed by atoms with Gasteiger partial charge in [0.1, 0.15) is 5.82 Å². The van der Waals surface area contributed by atoms with Crippen molar-refractivity contribution in [1.82, 2.24) is 9.97 Å². The largest absolute Gasteiger partial charge is 0.349 e. The number of rotatable bonds is 3. The highest BCUT2D eigenvalue weighted by Crippen LogP contribution is 2.16. The quantitative estimate of drug-likeness (QED) is 0.836. The molecule has 0 spiro atoms. The first kappa shape index (κ1) is 10.2. The van der Waals surface area contributed by atoms with Crippen molar-refractivity contribution < 1.29 is 0 Å². The van der Waals surface area contributed by atoms with Crippen molar-refractivity contribution in [2.75, 3.05) is 0 Å².